The predicted molar refractivity (Wildman–Crippen MR) is 34.5 cm³/mol. The van der Waals surface area contributed by atoms with E-state index in [1.807, 2.05) is 0 Å². The third-order valence-electron chi connectivity index (χ3n) is 0. The van der Waals surface area contributed by atoms with E-state index in [-0.39, 0.29) is 21.7 Å². The fourth-order valence-electron chi connectivity index (χ4n) is 0. The van der Waals surface area contributed by atoms with Crippen LogP contribution in [0.1, 0.15) is 20.8 Å². The van der Waals surface area contributed by atoms with Gasteiger partial charge in [0.1, 0.15) is 0 Å². The van der Waals surface area contributed by atoms with Crippen LogP contribution in [0.15, 0.2) is 0 Å². The number of hydrogen-bond donors (Lipinski definition) is 0. The Balaban J connectivity index is -0.00000000900. The van der Waals surface area contributed by atoms with Crippen LogP contribution in [0.4, 0.5) is 0 Å². The van der Waals surface area contributed by atoms with Crippen LogP contribution in [0.2, 0.25) is 0 Å². The Morgan fingerprint density at radius 3 is 0.571 bits per heavy atom. The van der Waals surface area contributed by atoms with Crippen LogP contribution in [0.3, 0.4) is 0 Å². The van der Waals surface area contributed by atoms with Gasteiger partial charge in [-0.15, -0.1) is 0 Å². The first-order chi connectivity index (χ1) is 3.00. The molecule has 0 spiro atoms. The molecule has 0 atom stereocenters. The third-order valence-corrected chi connectivity index (χ3v) is 0. The second kappa shape index (κ2) is 430. The van der Waals surface area contributed by atoms with Crippen LogP contribution in [0.25, 0.3) is 0 Å². The second-order valence-corrected chi connectivity index (χ2v) is 0. The van der Waals surface area contributed by atoms with Crippen molar-refractivity contribution in [1.82, 2.24) is 0 Å². The van der Waals surface area contributed by atoms with Crippen molar-refractivity contribution in [3.8, 4) is 0 Å². The van der Waals surface area contributed by atoms with Crippen LogP contribution in [-0.4, -0.2) is 0 Å². The number of hydrogen-bond acceptors (Lipinski definition) is 0. The van der Waals surface area contributed by atoms with Crippen molar-refractivity contribution in [3.63, 3.8) is 0 Å². The van der Waals surface area contributed by atoms with E-state index in [2.05, 4.69) is 20.8 Å². The zero-order chi connectivity index (χ0) is 6.00. The molecule has 0 aromatic heterocycles. The topological polar surface area (TPSA) is 0 Å². The predicted octanol–water partition coefficient (Wildman–Crippen LogP) is 2.25. The molecule has 44 valence electrons. The molecule has 0 rings (SSSR count). The molecule has 0 nitrogen and oxygen atoms in total. The molecule has 0 saturated carbocycles. The van der Waals surface area contributed by atoms with Gasteiger partial charge in [0.15, 0.2) is 0 Å². The molecule has 7 heavy (non-hydrogen) atoms. The summed E-state index contributed by atoms with van der Waals surface area (Å²) in [6, 6.07) is 0. The Kier molecular flexibility index (Phi) is 1550. The number of rotatable bonds is 0. The van der Waals surface area contributed by atoms with E-state index < -0.39 is 0 Å². The molecule has 0 aromatic carbocycles. The van der Waals surface area contributed by atoms with Gasteiger partial charge in [0.25, 0.3) is 0 Å². The van der Waals surface area contributed by atoms with E-state index in [9.17, 15) is 0 Å². The van der Waals surface area contributed by atoms with Crippen molar-refractivity contribution in [2.24, 2.45) is 0 Å². The van der Waals surface area contributed by atoms with Crippen molar-refractivity contribution in [1.29, 1.82) is 0 Å². The van der Waals surface area contributed by atoms with Crippen LogP contribution in [0.5, 0.6) is 0 Å². The van der Waals surface area contributed by atoms with Crippen molar-refractivity contribution in [2.45, 2.75) is 20.8 Å². The van der Waals surface area contributed by atoms with Crippen molar-refractivity contribution in [2.75, 3.05) is 0 Å². The molecular formula is C6H16Ti. The fraction of sp³-hybridized carbons (Fsp3) is 0.500. The average Bonchev–Trinajstić information content (AvgIpc) is 1.81. The van der Waals surface area contributed by atoms with Gasteiger partial charge in [0.05, 0.1) is 0 Å². The standard InChI is InChI=1S/3C2H5.Ti.H/c3*1-2;;/h3*1H2,2H3;;/q3*-1;+3;. The van der Waals surface area contributed by atoms with Crippen molar-refractivity contribution >= 4 is 0 Å². The van der Waals surface area contributed by atoms with Gasteiger partial charge < -0.3 is 20.8 Å². The summed E-state index contributed by atoms with van der Waals surface area (Å²) in [5.41, 5.74) is 0. The first-order valence-electron chi connectivity index (χ1n) is 2.12. The van der Waals surface area contributed by atoms with Crippen LogP contribution in [0, 0.1) is 20.8 Å². The fourth-order valence-corrected chi connectivity index (χ4v) is 0. The summed E-state index contributed by atoms with van der Waals surface area (Å²) in [6.45, 7) is 15.0. The van der Waals surface area contributed by atoms with Crippen molar-refractivity contribution in [3.05, 3.63) is 20.8 Å². The second-order valence-electron chi connectivity index (χ2n) is 0. The molecule has 1 heteroatoms. The maximum atomic E-state index is 3.25. The van der Waals surface area contributed by atoms with Gasteiger partial charge in [-0.2, -0.15) is 20.8 Å². The minimum atomic E-state index is 0. The molecule has 0 aliphatic heterocycles. The molecule has 0 aromatic rings. The molecule has 1 radical (unpaired) electrons. The summed E-state index contributed by atoms with van der Waals surface area (Å²) in [5, 5.41) is 0. The zero-order valence-electron chi connectivity index (χ0n) is 5.70. The maximum absolute atomic E-state index is 3.25. The molecule has 0 aliphatic carbocycles. The molecule has 0 saturated heterocycles. The van der Waals surface area contributed by atoms with Gasteiger partial charge in [-0.25, -0.2) is 0 Å². The third kappa shape index (κ3) is 292. The summed E-state index contributed by atoms with van der Waals surface area (Å²) in [5.74, 6) is 0. The minimum absolute atomic E-state index is 0. The van der Waals surface area contributed by atoms with E-state index in [1.165, 1.54) is 0 Å². The van der Waals surface area contributed by atoms with E-state index in [0.29, 0.717) is 0 Å². The summed E-state index contributed by atoms with van der Waals surface area (Å²) in [7, 11) is 0. The molecule has 0 N–H and O–H groups in total. The molecule has 0 bridgehead atoms. The van der Waals surface area contributed by atoms with Gasteiger partial charge in [-0.05, 0) is 0 Å². The Bertz CT molecular complexity index is 4.14. The molecule has 0 unspecified atom stereocenters. The monoisotopic (exact) mass is 136 g/mol. The zero-order valence-corrected chi connectivity index (χ0v) is 7.50. The molecule has 0 heterocycles. The molecule has 0 fully saturated rings. The van der Waals surface area contributed by atoms with Gasteiger partial charge in [0, 0.05) is 0 Å². The molecule has 0 aliphatic rings. The average molecular weight is 136 g/mol. The van der Waals surface area contributed by atoms with E-state index in [0.717, 1.165) is 0 Å². The first-order valence-corrected chi connectivity index (χ1v) is 2.12. The summed E-state index contributed by atoms with van der Waals surface area (Å²) >= 11 is 0. The van der Waals surface area contributed by atoms with E-state index in [4.69, 9.17) is 0 Å². The van der Waals surface area contributed by atoms with Gasteiger partial charge in [-0.3, -0.25) is 0 Å². The summed E-state index contributed by atoms with van der Waals surface area (Å²) < 4.78 is 0. The van der Waals surface area contributed by atoms with Crippen LogP contribution >= 0.6 is 0 Å². The van der Waals surface area contributed by atoms with E-state index >= 15 is 0 Å². The Morgan fingerprint density at radius 1 is 0.571 bits per heavy atom. The van der Waals surface area contributed by atoms with Crippen LogP contribution in [-0.2, 0) is 21.7 Å². The molecular weight excluding hydrogens is 120 g/mol. The normalized spacial score (nSPS) is 2.57. The summed E-state index contributed by atoms with van der Waals surface area (Å²) in [6.07, 6.45) is 0. The van der Waals surface area contributed by atoms with Gasteiger partial charge in [0.2, 0.25) is 0 Å². The quantitative estimate of drug-likeness (QED) is 0.354. The SMILES string of the molecule is [CH2-]C.[CH2-]C.[CH2-]C.[TiH+3]. The Labute approximate surface area is 63.6 Å². The Morgan fingerprint density at radius 2 is 0.571 bits per heavy atom. The van der Waals surface area contributed by atoms with Crippen molar-refractivity contribution < 1.29 is 21.7 Å². The summed E-state index contributed by atoms with van der Waals surface area (Å²) in [4.78, 5) is 0. The first kappa shape index (κ1) is 25.2. The Hall–Kier alpha value is 0.714. The van der Waals surface area contributed by atoms with Gasteiger partial charge in [-0.1, -0.05) is 0 Å². The van der Waals surface area contributed by atoms with E-state index in [1.54, 1.807) is 20.8 Å². The van der Waals surface area contributed by atoms with Crippen LogP contribution < -0.4 is 0 Å². The van der Waals surface area contributed by atoms with Gasteiger partial charge >= 0.3 is 21.7 Å². The molecule has 0 amide bonds.